The van der Waals surface area contributed by atoms with Crippen LogP contribution in [0.15, 0.2) is 42.7 Å². The fourth-order valence-electron chi connectivity index (χ4n) is 3.69. The second kappa shape index (κ2) is 8.94. The number of hydrogen-bond donors (Lipinski definition) is 2. The van der Waals surface area contributed by atoms with Gasteiger partial charge in [0.1, 0.15) is 0 Å². The molecule has 1 aliphatic heterocycles. The Kier molecular flexibility index (Phi) is 6.34. The summed E-state index contributed by atoms with van der Waals surface area (Å²) in [5, 5.41) is 2.54. The Bertz CT molecular complexity index is 959. The van der Waals surface area contributed by atoms with Crippen molar-refractivity contribution in [3.8, 4) is 0 Å². The van der Waals surface area contributed by atoms with Crippen molar-refractivity contribution in [2.45, 2.75) is 25.8 Å². The standard InChI is InChI=1S/C22H27N5O3/c1-14-7-8-19(15-5-4-6-18(10-15)26(2)3)27(13-14)22(30)21(29)25-17-9-16(20(23)28)11-24-12-17/h4-6,9-12,14,19H,7-8,13H2,1-3H3,(H2,23,28)(H,25,29)/t14-,19+/m1/s1. The minimum Gasteiger partial charge on any atom is -0.378 e. The Morgan fingerprint density at radius 2 is 1.93 bits per heavy atom. The van der Waals surface area contributed by atoms with Crippen molar-refractivity contribution >= 4 is 29.1 Å². The van der Waals surface area contributed by atoms with E-state index >= 15 is 0 Å². The van der Waals surface area contributed by atoms with Gasteiger partial charge in [-0.2, -0.15) is 0 Å². The van der Waals surface area contributed by atoms with Crippen LogP contribution < -0.4 is 16.0 Å². The second-order valence-corrected chi connectivity index (χ2v) is 7.93. The lowest BCUT2D eigenvalue weighted by molar-refractivity contribution is -0.146. The number of benzene rings is 1. The van der Waals surface area contributed by atoms with Gasteiger partial charge in [0.15, 0.2) is 0 Å². The number of primary amides is 1. The second-order valence-electron chi connectivity index (χ2n) is 7.93. The van der Waals surface area contributed by atoms with Crippen LogP contribution >= 0.6 is 0 Å². The van der Waals surface area contributed by atoms with Crippen LogP contribution in [0, 0.1) is 5.92 Å². The number of carbonyl (C=O) groups excluding carboxylic acids is 3. The van der Waals surface area contributed by atoms with E-state index in [1.54, 1.807) is 4.90 Å². The van der Waals surface area contributed by atoms with Crippen molar-refractivity contribution < 1.29 is 14.4 Å². The van der Waals surface area contributed by atoms with Crippen LogP contribution in [-0.4, -0.2) is 48.2 Å². The largest absolute Gasteiger partial charge is 0.378 e. The maximum Gasteiger partial charge on any atom is 0.313 e. The summed E-state index contributed by atoms with van der Waals surface area (Å²) in [7, 11) is 3.93. The molecule has 1 saturated heterocycles. The third-order valence-corrected chi connectivity index (χ3v) is 5.32. The van der Waals surface area contributed by atoms with Crippen molar-refractivity contribution in [1.82, 2.24) is 9.88 Å². The molecule has 30 heavy (non-hydrogen) atoms. The number of piperidine rings is 1. The fraction of sp³-hybridized carbons (Fsp3) is 0.364. The molecule has 0 spiro atoms. The van der Waals surface area contributed by atoms with E-state index in [1.807, 2.05) is 37.2 Å². The molecule has 0 unspecified atom stereocenters. The fourth-order valence-corrected chi connectivity index (χ4v) is 3.69. The molecule has 0 saturated carbocycles. The number of nitrogens with zero attached hydrogens (tertiary/aromatic N) is 3. The monoisotopic (exact) mass is 409 g/mol. The summed E-state index contributed by atoms with van der Waals surface area (Å²) in [4.78, 5) is 44.6. The lowest BCUT2D eigenvalue weighted by Crippen LogP contribution is -2.46. The van der Waals surface area contributed by atoms with Crippen LogP contribution in [0.25, 0.3) is 0 Å². The molecule has 2 heterocycles. The Morgan fingerprint density at radius 1 is 1.17 bits per heavy atom. The van der Waals surface area contributed by atoms with Crippen molar-refractivity contribution in [3.05, 3.63) is 53.9 Å². The van der Waals surface area contributed by atoms with Crippen molar-refractivity contribution in [3.63, 3.8) is 0 Å². The molecule has 0 radical (unpaired) electrons. The van der Waals surface area contributed by atoms with E-state index in [4.69, 9.17) is 5.73 Å². The number of rotatable bonds is 4. The molecule has 3 amide bonds. The van der Waals surface area contributed by atoms with Gasteiger partial charge in [0.25, 0.3) is 0 Å². The van der Waals surface area contributed by atoms with E-state index in [1.165, 1.54) is 18.5 Å². The molecule has 0 aliphatic carbocycles. The molecule has 2 aromatic rings. The molecular formula is C22H27N5O3. The van der Waals surface area contributed by atoms with E-state index in [0.29, 0.717) is 12.5 Å². The number of hydrogen-bond acceptors (Lipinski definition) is 5. The first-order valence-electron chi connectivity index (χ1n) is 9.90. The molecule has 3 rings (SSSR count). The Labute approximate surface area is 176 Å². The van der Waals surface area contributed by atoms with Gasteiger partial charge in [-0.05, 0) is 42.5 Å². The number of likely N-dealkylation sites (tertiary alicyclic amines) is 1. The molecule has 3 N–H and O–H groups in total. The average molecular weight is 409 g/mol. The summed E-state index contributed by atoms with van der Waals surface area (Å²) >= 11 is 0. The number of pyridine rings is 1. The highest BCUT2D eigenvalue weighted by Gasteiger charge is 2.34. The molecule has 8 nitrogen and oxygen atoms in total. The number of carbonyl (C=O) groups is 3. The third-order valence-electron chi connectivity index (χ3n) is 5.32. The molecule has 1 fully saturated rings. The van der Waals surface area contributed by atoms with E-state index in [0.717, 1.165) is 24.1 Å². The molecule has 1 aliphatic rings. The van der Waals surface area contributed by atoms with E-state index in [2.05, 4.69) is 23.3 Å². The minimum atomic E-state index is -0.763. The SMILES string of the molecule is C[C@@H]1CC[C@@H](c2cccc(N(C)C)c2)N(C(=O)C(=O)Nc2cncc(C(N)=O)c2)C1. The number of nitrogens with two attached hydrogens (primary N) is 1. The van der Waals surface area contributed by atoms with Crippen LogP contribution in [0.3, 0.4) is 0 Å². The maximum absolute atomic E-state index is 13.1. The zero-order valence-corrected chi connectivity index (χ0v) is 17.5. The summed E-state index contributed by atoms with van der Waals surface area (Å²) in [6.45, 7) is 2.58. The highest BCUT2D eigenvalue weighted by Crippen LogP contribution is 2.34. The highest BCUT2D eigenvalue weighted by atomic mass is 16.2. The lowest BCUT2D eigenvalue weighted by Gasteiger charge is -2.38. The first-order chi connectivity index (χ1) is 14.3. The summed E-state index contributed by atoms with van der Waals surface area (Å²) in [5.74, 6) is -1.72. The van der Waals surface area contributed by atoms with Gasteiger partial charge < -0.3 is 20.9 Å². The minimum absolute atomic E-state index is 0.158. The predicted molar refractivity (Wildman–Crippen MR) is 115 cm³/mol. The van der Waals surface area contributed by atoms with Gasteiger partial charge in [0.05, 0.1) is 23.5 Å². The number of anilines is 2. The molecule has 0 bridgehead atoms. The van der Waals surface area contributed by atoms with Gasteiger partial charge >= 0.3 is 11.8 Å². The van der Waals surface area contributed by atoms with Crippen molar-refractivity contribution in [1.29, 1.82) is 0 Å². The van der Waals surface area contributed by atoms with Gasteiger partial charge in [0, 0.05) is 32.5 Å². The van der Waals surface area contributed by atoms with Crippen LogP contribution in [0.4, 0.5) is 11.4 Å². The smallest absolute Gasteiger partial charge is 0.313 e. The van der Waals surface area contributed by atoms with Crippen LogP contribution in [-0.2, 0) is 9.59 Å². The quantitative estimate of drug-likeness (QED) is 0.753. The number of aromatic nitrogens is 1. The summed E-state index contributed by atoms with van der Waals surface area (Å²) < 4.78 is 0. The molecule has 1 aromatic carbocycles. The van der Waals surface area contributed by atoms with Crippen LogP contribution in [0.1, 0.15) is 41.7 Å². The van der Waals surface area contributed by atoms with Crippen molar-refractivity contribution in [2.24, 2.45) is 11.7 Å². The Balaban J connectivity index is 1.82. The van der Waals surface area contributed by atoms with Crippen LogP contribution in [0.2, 0.25) is 0 Å². The summed E-state index contributed by atoms with van der Waals surface area (Å²) in [6, 6.07) is 9.25. The first-order valence-corrected chi connectivity index (χ1v) is 9.90. The maximum atomic E-state index is 13.1. The highest BCUT2D eigenvalue weighted by molar-refractivity contribution is 6.39. The average Bonchev–Trinajstić information content (AvgIpc) is 2.73. The normalized spacial score (nSPS) is 18.6. The number of nitrogens with one attached hydrogen (secondary N) is 1. The molecule has 1 aromatic heterocycles. The van der Waals surface area contributed by atoms with E-state index < -0.39 is 17.7 Å². The first kappa shape index (κ1) is 21.3. The van der Waals surface area contributed by atoms with Crippen LogP contribution in [0.5, 0.6) is 0 Å². The Hall–Kier alpha value is -3.42. The van der Waals surface area contributed by atoms with Crippen molar-refractivity contribution in [2.75, 3.05) is 30.9 Å². The Morgan fingerprint density at radius 3 is 2.63 bits per heavy atom. The zero-order valence-electron chi connectivity index (χ0n) is 17.5. The van der Waals surface area contributed by atoms with E-state index in [-0.39, 0.29) is 17.3 Å². The predicted octanol–water partition coefficient (Wildman–Crippen LogP) is 2.18. The zero-order chi connectivity index (χ0) is 21.8. The van der Waals surface area contributed by atoms with Gasteiger partial charge in [-0.15, -0.1) is 0 Å². The summed E-state index contributed by atoms with van der Waals surface area (Å²) in [5.41, 5.74) is 7.70. The number of amides is 3. The van der Waals surface area contributed by atoms with Gasteiger partial charge in [0.2, 0.25) is 5.91 Å². The molecule has 8 heteroatoms. The topological polar surface area (TPSA) is 109 Å². The third kappa shape index (κ3) is 4.76. The van der Waals surface area contributed by atoms with E-state index in [9.17, 15) is 14.4 Å². The molecular weight excluding hydrogens is 382 g/mol. The summed E-state index contributed by atoms with van der Waals surface area (Å²) in [6.07, 6.45) is 4.44. The lowest BCUT2D eigenvalue weighted by atomic mass is 9.89. The molecule has 2 atom stereocenters. The van der Waals surface area contributed by atoms with Gasteiger partial charge in [-0.25, -0.2) is 0 Å². The van der Waals surface area contributed by atoms with Gasteiger partial charge in [-0.1, -0.05) is 19.1 Å². The van der Waals surface area contributed by atoms with Gasteiger partial charge in [-0.3, -0.25) is 19.4 Å². The molecule has 158 valence electrons.